The Hall–Kier alpha value is -3.59. The summed E-state index contributed by atoms with van der Waals surface area (Å²) in [6, 6.07) is 11.7. The molecule has 2 aromatic carbocycles. The highest BCUT2D eigenvalue weighted by molar-refractivity contribution is 5.98. The van der Waals surface area contributed by atoms with E-state index in [9.17, 15) is 24.6 Å². The minimum atomic E-state index is -1.32. The van der Waals surface area contributed by atoms with Gasteiger partial charge in [-0.15, -0.1) is 0 Å². The minimum Gasteiger partial charge on any atom is -0.504 e. The lowest BCUT2D eigenvalue weighted by atomic mass is 10.2. The molecule has 9 heteroatoms. The summed E-state index contributed by atoms with van der Waals surface area (Å²) in [7, 11) is 0. The van der Waals surface area contributed by atoms with Crippen LogP contribution in [0.5, 0.6) is 11.5 Å². The highest BCUT2D eigenvalue weighted by Gasteiger charge is 2.23. The predicted octanol–water partition coefficient (Wildman–Crippen LogP) is 1.93. The summed E-state index contributed by atoms with van der Waals surface area (Å²) in [5, 5.41) is 24.0. The molecule has 2 rings (SSSR count). The molecule has 4 N–H and O–H groups in total. The van der Waals surface area contributed by atoms with Gasteiger partial charge in [0.2, 0.25) is 5.91 Å². The fraction of sp³-hybridized carbons (Fsp3) is 0.250. The van der Waals surface area contributed by atoms with Crippen molar-refractivity contribution >= 4 is 23.7 Å². The third-order valence-electron chi connectivity index (χ3n) is 3.76. The number of phenolic OH excluding ortho intramolecular Hbond substituents is 1. The summed E-state index contributed by atoms with van der Waals surface area (Å²) < 4.78 is 10.1. The quantitative estimate of drug-likeness (QED) is 0.391. The molecule has 29 heavy (non-hydrogen) atoms. The zero-order valence-electron chi connectivity index (χ0n) is 15.8. The second kappa shape index (κ2) is 10.7. The fourth-order valence-electron chi connectivity index (χ4n) is 2.24. The second-order valence-electron chi connectivity index (χ2n) is 5.91. The molecule has 2 amide bonds. The van der Waals surface area contributed by atoms with Crippen LogP contribution in [0.1, 0.15) is 18.9 Å². The van der Waals surface area contributed by atoms with E-state index in [2.05, 4.69) is 10.6 Å². The van der Waals surface area contributed by atoms with Gasteiger partial charge in [-0.3, -0.25) is 9.59 Å². The molecule has 0 aliphatic rings. The number of anilines is 1. The zero-order valence-corrected chi connectivity index (χ0v) is 15.8. The van der Waals surface area contributed by atoms with E-state index in [4.69, 9.17) is 9.47 Å². The molecule has 0 spiro atoms. The Kier molecular flexibility index (Phi) is 7.99. The number of carbonyl (C=O) groups is 3. The molecule has 0 aliphatic heterocycles. The first-order valence-electron chi connectivity index (χ1n) is 8.86. The van der Waals surface area contributed by atoms with E-state index in [0.29, 0.717) is 0 Å². The van der Waals surface area contributed by atoms with Gasteiger partial charge in [0.15, 0.2) is 11.5 Å². The number of aromatic hydroxyl groups is 1. The lowest BCUT2D eigenvalue weighted by Gasteiger charge is -2.18. The molecule has 0 unspecified atom stereocenters. The molecule has 0 aliphatic carbocycles. The molecule has 0 bridgehead atoms. The first-order chi connectivity index (χ1) is 13.9. The SMILES string of the molecule is CCC(=O)Oc1c(O)cccc1NC(=O)[C@H](CO)NC(=O)OCc1ccccc1. The van der Waals surface area contributed by atoms with Gasteiger partial charge < -0.3 is 30.3 Å². The molecule has 0 fully saturated rings. The number of carbonyl (C=O) groups excluding carboxylic acids is 3. The predicted molar refractivity (Wildman–Crippen MR) is 103 cm³/mol. The van der Waals surface area contributed by atoms with Crippen molar-refractivity contribution in [1.82, 2.24) is 5.32 Å². The molecule has 0 aromatic heterocycles. The molecule has 0 radical (unpaired) electrons. The van der Waals surface area contributed by atoms with Crippen molar-refractivity contribution in [2.24, 2.45) is 0 Å². The maximum Gasteiger partial charge on any atom is 0.408 e. The van der Waals surface area contributed by atoms with E-state index in [1.165, 1.54) is 18.2 Å². The van der Waals surface area contributed by atoms with Gasteiger partial charge in [0, 0.05) is 6.42 Å². The van der Waals surface area contributed by atoms with Crippen LogP contribution in [0.4, 0.5) is 10.5 Å². The number of nitrogens with one attached hydrogen (secondary N) is 2. The number of ether oxygens (including phenoxy) is 2. The van der Waals surface area contributed by atoms with E-state index in [1.54, 1.807) is 31.2 Å². The summed E-state index contributed by atoms with van der Waals surface area (Å²) in [6.45, 7) is 0.874. The molecule has 1 atom stereocenters. The van der Waals surface area contributed by atoms with E-state index in [1.807, 2.05) is 6.07 Å². The molecular formula is C20H22N2O7. The third kappa shape index (κ3) is 6.51. The van der Waals surface area contributed by atoms with Crippen LogP contribution >= 0.6 is 0 Å². The highest BCUT2D eigenvalue weighted by atomic mass is 16.6. The van der Waals surface area contributed by atoms with Gasteiger partial charge in [-0.2, -0.15) is 0 Å². The first-order valence-corrected chi connectivity index (χ1v) is 8.86. The second-order valence-corrected chi connectivity index (χ2v) is 5.91. The minimum absolute atomic E-state index is 0.00385. The van der Waals surface area contributed by atoms with Crippen LogP contribution < -0.4 is 15.4 Å². The number of alkyl carbamates (subject to hydrolysis) is 1. The van der Waals surface area contributed by atoms with Gasteiger partial charge in [-0.1, -0.05) is 43.3 Å². The Morgan fingerprint density at radius 2 is 1.79 bits per heavy atom. The van der Waals surface area contributed by atoms with Crippen LogP contribution in [0.25, 0.3) is 0 Å². The van der Waals surface area contributed by atoms with Gasteiger partial charge in [0.1, 0.15) is 12.6 Å². The molecule has 9 nitrogen and oxygen atoms in total. The Balaban J connectivity index is 2.00. The third-order valence-corrected chi connectivity index (χ3v) is 3.76. The summed E-state index contributed by atoms with van der Waals surface area (Å²) >= 11 is 0. The van der Waals surface area contributed by atoms with Crippen molar-refractivity contribution in [2.75, 3.05) is 11.9 Å². The van der Waals surface area contributed by atoms with Gasteiger partial charge in [0.25, 0.3) is 0 Å². The van der Waals surface area contributed by atoms with Crippen molar-refractivity contribution in [3.63, 3.8) is 0 Å². The summed E-state index contributed by atoms with van der Waals surface area (Å²) in [6.07, 6.45) is -0.827. The molecule has 0 heterocycles. The number of phenols is 1. The van der Waals surface area contributed by atoms with Crippen LogP contribution in [0.15, 0.2) is 48.5 Å². The number of aliphatic hydroxyl groups excluding tert-OH is 1. The number of amides is 2. The maximum absolute atomic E-state index is 12.4. The monoisotopic (exact) mass is 402 g/mol. The normalized spacial score (nSPS) is 11.2. The molecular weight excluding hydrogens is 380 g/mol. The summed E-state index contributed by atoms with van der Waals surface area (Å²) in [4.78, 5) is 35.9. The van der Waals surface area contributed by atoms with E-state index in [0.717, 1.165) is 5.56 Å². The zero-order chi connectivity index (χ0) is 21.2. The van der Waals surface area contributed by atoms with Crippen LogP contribution in [0.3, 0.4) is 0 Å². The lowest BCUT2D eigenvalue weighted by Crippen LogP contribution is -2.46. The topological polar surface area (TPSA) is 134 Å². The van der Waals surface area contributed by atoms with Crippen molar-refractivity contribution < 1.29 is 34.1 Å². The smallest absolute Gasteiger partial charge is 0.408 e. The Bertz CT molecular complexity index is 855. The van der Waals surface area contributed by atoms with Gasteiger partial charge in [-0.05, 0) is 17.7 Å². The number of hydrogen-bond donors (Lipinski definition) is 4. The number of benzene rings is 2. The largest absolute Gasteiger partial charge is 0.504 e. The van der Waals surface area contributed by atoms with Crippen LogP contribution in [-0.4, -0.2) is 40.8 Å². The van der Waals surface area contributed by atoms with Gasteiger partial charge >= 0.3 is 12.1 Å². The number of rotatable bonds is 8. The fourth-order valence-corrected chi connectivity index (χ4v) is 2.24. The van der Waals surface area contributed by atoms with E-state index in [-0.39, 0.29) is 30.2 Å². The highest BCUT2D eigenvalue weighted by Crippen LogP contribution is 2.34. The van der Waals surface area contributed by atoms with Crippen molar-refractivity contribution in [2.45, 2.75) is 26.0 Å². The summed E-state index contributed by atoms with van der Waals surface area (Å²) in [5.74, 6) is -1.97. The number of para-hydroxylation sites is 1. The van der Waals surface area contributed by atoms with E-state index >= 15 is 0 Å². The standard InChI is InChI=1S/C20H22N2O7/c1-2-17(25)29-18-14(9-6-10-16(18)24)21-19(26)15(11-23)22-20(27)28-12-13-7-4-3-5-8-13/h3-10,15,23-24H,2,11-12H2,1H3,(H,21,26)(H,22,27)/t15-/m0/s1. The first kappa shape index (κ1) is 21.7. The molecule has 154 valence electrons. The summed E-state index contributed by atoms with van der Waals surface area (Å²) in [5.41, 5.74) is 0.768. The molecule has 2 aromatic rings. The van der Waals surface area contributed by atoms with Crippen LogP contribution in [-0.2, 0) is 20.9 Å². The van der Waals surface area contributed by atoms with Crippen LogP contribution in [0, 0.1) is 0 Å². The Morgan fingerprint density at radius 1 is 1.07 bits per heavy atom. The Morgan fingerprint density at radius 3 is 2.45 bits per heavy atom. The van der Waals surface area contributed by atoms with Crippen molar-refractivity contribution in [3.8, 4) is 11.5 Å². The lowest BCUT2D eigenvalue weighted by molar-refractivity contribution is -0.134. The molecule has 0 saturated carbocycles. The number of hydrogen-bond acceptors (Lipinski definition) is 7. The van der Waals surface area contributed by atoms with Crippen molar-refractivity contribution in [1.29, 1.82) is 0 Å². The van der Waals surface area contributed by atoms with Crippen molar-refractivity contribution in [3.05, 3.63) is 54.1 Å². The number of esters is 1. The molecule has 0 saturated heterocycles. The van der Waals surface area contributed by atoms with Crippen LogP contribution in [0.2, 0.25) is 0 Å². The number of aliphatic hydroxyl groups is 1. The van der Waals surface area contributed by atoms with Gasteiger partial charge in [-0.25, -0.2) is 4.79 Å². The van der Waals surface area contributed by atoms with E-state index < -0.39 is 30.6 Å². The maximum atomic E-state index is 12.4. The average Bonchev–Trinajstić information content (AvgIpc) is 2.73. The Labute approximate surface area is 167 Å². The van der Waals surface area contributed by atoms with Gasteiger partial charge in [0.05, 0.1) is 12.3 Å². The average molecular weight is 402 g/mol.